The zero-order valence-corrected chi connectivity index (χ0v) is 20.6. The molecule has 2 aromatic carbocycles. The summed E-state index contributed by atoms with van der Waals surface area (Å²) in [7, 11) is 0. The largest absolute Gasteiger partial charge is 0.361 e. The van der Waals surface area contributed by atoms with Crippen molar-refractivity contribution in [1.29, 1.82) is 0 Å². The molecule has 4 rings (SSSR count). The Labute approximate surface area is 208 Å². The summed E-state index contributed by atoms with van der Waals surface area (Å²) in [5, 5.41) is 18.6. The van der Waals surface area contributed by atoms with Crippen molar-refractivity contribution in [2.24, 2.45) is 0 Å². The average Bonchev–Trinajstić information content (AvgIpc) is 3.24. The van der Waals surface area contributed by atoms with Gasteiger partial charge in [0.1, 0.15) is 11.3 Å². The molecule has 0 spiro atoms. The van der Waals surface area contributed by atoms with E-state index in [1.165, 1.54) is 0 Å². The van der Waals surface area contributed by atoms with Gasteiger partial charge in [0.25, 0.3) is 0 Å². The summed E-state index contributed by atoms with van der Waals surface area (Å²) in [6.07, 6.45) is 1.78. The molecule has 0 saturated carbocycles. The number of aromatic nitrogens is 4. The third-order valence-electron chi connectivity index (χ3n) is 4.64. The van der Waals surface area contributed by atoms with Crippen molar-refractivity contribution < 1.29 is 0 Å². The van der Waals surface area contributed by atoms with Gasteiger partial charge in [0.15, 0.2) is 5.11 Å². The predicted molar refractivity (Wildman–Crippen MR) is 138 cm³/mol. The van der Waals surface area contributed by atoms with E-state index in [1.807, 2.05) is 42.5 Å². The average molecular weight is 551 g/mol. The summed E-state index contributed by atoms with van der Waals surface area (Å²) in [6, 6.07) is 15.2. The molecule has 32 heavy (non-hydrogen) atoms. The van der Waals surface area contributed by atoms with Crippen LogP contribution in [0.1, 0.15) is 5.56 Å². The number of hydrogen-bond acceptors (Lipinski definition) is 5. The summed E-state index contributed by atoms with van der Waals surface area (Å²) in [5.41, 5.74) is 3.52. The van der Waals surface area contributed by atoms with Crippen molar-refractivity contribution >= 4 is 79.0 Å². The molecule has 0 unspecified atom stereocenters. The Bertz CT molecular complexity index is 1230. The van der Waals surface area contributed by atoms with Gasteiger partial charge in [-0.2, -0.15) is 0 Å². The number of hydrogen-bond donors (Lipinski definition) is 3. The minimum Gasteiger partial charge on any atom is -0.361 e. The molecule has 4 aromatic rings. The molecule has 11 heteroatoms. The molecule has 0 radical (unpaired) electrons. The summed E-state index contributed by atoms with van der Waals surface area (Å²) in [6.45, 7) is 1.90. The van der Waals surface area contributed by atoms with E-state index in [0.29, 0.717) is 34.8 Å². The van der Waals surface area contributed by atoms with Crippen molar-refractivity contribution in [3.8, 4) is 0 Å². The molecule has 0 atom stereocenters. The first kappa shape index (κ1) is 22.7. The SMILES string of the molecule is S=C(NCCN(Cc1ccc(Cl)c(Cl)c1)c1ccc(Br)cn1)Nc1ccc2nn[nH]c2c1. The van der Waals surface area contributed by atoms with Crippen LogP contribution >= 0.6 is 51.3 Å². The molecule has 164 valence electrons. The van der Waals surface area contributed by atoms with Gasteiger partial charge in [0.05, 0.1) is 15.6 Å². The Hall–Kier alpha value is -2.46. The highest BCUT2D eigenvalue weighted by molar-refractivity contribution is 9.10. The minimum atomic E-state index is 0.523. The molecular weight excluding hydrogens is 533 g/mol. The van der Waals surface area contributed by atoms with Crippen molar-refractivity contribution in [2.45, 2.75) is 6.54 Å². The van der Waals surface area contributed by atoms with Crippen molar-refractivity contribution in [2.75, 3.05) is 23.3 Å². The predicted octanol–water partition coefficient (Wildman–Crippen LogP) is 5.42. The molecule has 2 aromatic heterocycles. The van der Waals surface area contributed by atoms with Crippen LogP contribution in [0.4, 0.5) is 11.5 Å². The monoisotopic (exact) mass is 549 g/mol. The number of aromatic amines is 1. The molecule has 0 aliphatic carbocycles. The van der Waals surface area contributed by atoms with E-state index < -0.39 is 0 Å². The van der Waals surface area contributed by atoms with E-state index in [4.69, 9.17) is 35.4 Å². The Morgan fingerprint density at radius 2 is 1.97 bits per heavy atom. The van der Waals surface area contributed by atoms with Crippen LogP contribution in [-0.4, -0.2) is 38.6 Å². The number of nitrogens with one attached hydrogen (secondary N) is 3. The maximum atomic E-state index is 6.20. The molecule has 0 fully saturated rings. The van der Waals surface area contributed by atoms with E-state index in [1.54, 1.807) is 12.3 Å². The third-order valence-corrected chi connectivity index (χ3v) is 6.10. The van der Waals surface area contributed by atoms with Gasteiger partial charge in [-0.1, -0.05) is 34.5 Å². The Morgan fingerprint density at radius 1 is 1.09 bits per heavy atom. The van der Waals surface area contributed by atoms with Crippen LogP contribution in [0.15, 0.2) is 59.2 Å². The number of thiocarbonyl (C=S) groups is 1. The first-order valence-electron chi connectivity index (χ1n) is 9.64. The zero-order valence-electron chi connectivity index (χ0n) is 16.6. The molecule has 0 aliphatic heterocycles. The Kier molecular flexibility index (Phi) is 7.41. The lowest BCUT2D eigenvalue weighted by Gasteiger charge is -2.24. The second-order valence-corrected chi connectivity index (χ2v) is 9.07. The highest BCUT2D eigenvalue weighted by Gasteiger charge is 2.11. The molecule has 0 amide bonds. The molecule has 0 aliphatic rings. The van der Waals surface area contributed by atoms with Crippen LogP contribution in [-0.2, 0) is 6.54 Å². The zero-order chi connectivity index (χ0) is 22.5. The number of benzene rings is 2. The molecule has 0 saturated heterocycles. The normalized spacial score (nSPS) is 10.8. The van der Waals surface area contributed by atoms with Crippen molar-refractivity contribution in [1.82, 2.24) is 25.7 Å². The maximum Gasteiger partial charge on any atom is 0.170 e. The highest BCUT2D eigenvalue weighted by atomic mass is 79.9. The van der Waals surface area contributed by atoms with Gasteiger partial charge < -0.3 is 15.5 Å². The van der Waals surface area contributed by atoms with Gasteiger partial charge in [-0.15, -0.1) is 5.10 Å². The molecule has 3 N–H and O–H groups in total. The van der Waals surface area contributed by atoms with Gasteiger partial charge in [0.2, 0.25) is 0 Å². The van der Waals surface area contributed by atoms with Crippen molar-refractivity contribution in [3.63, 3.8) is 0 Å². The van der Waals surface area contributed by atoms with E-state index >= 15 is 0 Å². The molecule has 7 nitrogen and oxygen atoms in total. The lowest BCUT2D eigenvalue weighted by molar-refractivity contribution is 0.747. The fourth-order valence-corrected chi connectivity index (χ4v) is 3.87. The minimum absolute atomic E-state index is 0.523. The Morgan fingerprint density at radius 3 is 2.75 bits per heavy atom. The van der Waals surface area contributed by atoms with E-state index in [2.05, 4.69) is 51.9 Å². The lowest BCUT2D eigenvalue weighted by atomic mass is 10.2. The lowest BCUT2D eigenvalue weighted by Crippen LogP contribution is -2.37. The number of nitrogens with zero attached hydrogens (tertiary/aromatic N) is 4. The van der Waals surface area contributed by atoms with Crippen LogP contribution in [0.2, 0.25) is 10.0 Å². The van der Waals surface area contributed by atoms with E-state index in [0.717, 1.165) is 32.6 Å². The number of pyridine rings is 1. The van der Waals surface area contributed by atoms with Gasteiger partial charge in [-0.3, -0.25) is 5.10 Å². The highest BCUT2D eigenvalue weighted by Crippen LogP contribution is 2.24. The first-order chi connectivity index (χ1) is 15.5. The standard InChI is InChI=1S/C21H18BrCl2N7S/c22-14-2-6-20(26-11-14)31(12-13-1-4-16(23)17(24)9-13)8-7-25-21(32)27-15-3-5-18-19(10-15)29-30-28-18/h1-6,9-11H,7-8,12H2,(H2,25,27,32)(H,28,29,30). The van der Waals surface area contributed by atoms with Crippen LogP contribution < -0.4 is 15.5 Å². The molecular formula is C21H18BrCl2N7S. The number of rotatable bonds is 7. The third kappa shape index (κ3) is 5.86. The van der Waals surface area contributed by atoms with Gasteiger partial charge in [-0.25, -0.2) is 4.98 Å². The second kappa shape index (κ2) is 10.4. The smallest absolute Gasteiger partial charge is 0.170 e. The fourth-order valence-electron chi connectivity index (χ4n) is 3.09. The van der Waals surface area contributed by atoms with Gasteiger partial charge in [0, 0.05) is 36.0 Å². The fraction of sp³-hybridized carbons (Fsp3) is 0.143. The number of fused-ring (bicyclic) bond motifs is 1. The number of anilines is 2. The summed E-state index contributed by atoms with van der Waals surface area (Å²) in [5.74, 6) is 0.845. The Balaban J connectivity index is 1.39. The maximum absolute atomic E-state index is 6.20. The molecule has 0 bridgehead atoms. The summed E-state index contributed by atoms with van der Waals surface area (Å²) in [4.78, 5) is 6.68. The van der Waals surface area contributed by atoms with Gasteiger partial charge >= 0.3 is 0 Å². The van der Waals surface area contributed by atoms with Crippen LogP contribution in [0.25, 0.3) is 11.0 Å². The van der Waals surface area contributed by atoms with E-state index in [-0.39, 0.29) is 0 Å². The number of H-pyrrole nitrogens is 1. The molecule has 2 heterocycles. The van der Waals surface area contributed by atoms with E-state index in [9.17, 15) is 0 Å². The summed E-state index contributed by atoms with van der Waals surface area (Å²) < 4.78 is 0.920. The van der Waals surface area contributed by atoms with Crippen molar-refractivity contribution in [3.05, 3.63) is 74.8 Å². The quantitative estimate of drug-likeness (QED) is 0.265. The van der Waals surface area contributed by atoms with Crippen LogP contribution in [0.5, 0.6) is 0 Å². The number of halogens is 3. The summed E-state index contributed by atoms with van der Waals surface area (Å²) >= 11 is 21.1. The van der Waals surface area contributed by atoms with Gasteiger partial charge in [-0.05, 0) is 76.2 Å². The van der Waals surface area contributed by atoms with Crippen LogP contribution in [0.3, 0.4) is 0 Å². The topological polar surface area (TPSA) is 81.8 Å². The first-order valence-corrected chi connectivity index (χ1v) is 11.6. The second-order valence-electron chi connectivity index (χ2n) is 6.93. The van der Waals surface area contributed by atoms with Crippen LogP contribution in [0, 0.1) is 0 Å².